The SMILES string of the molecule is O=C(CSc1ccc2ccccc2c1)OCC(=O)N1CCc2ccccc21. The number of hydrogen-bond acceptors (Lipinski definition) is 4. The molecule has 0 saturated carbocycles. The molecule has 1 aliphatic rings. The Morgan fingerprint density at radius 1 is 0.963 bits per heavy atom. The molecule has 0 aliphatic carbocycles. The smallest absolute Gasteiger partial charge is 0.316 e. The number of benzene rings is 3. The number of thioether (sulfide) groups is 1. The molecule has 4 nitrogen and oxygen atoms in total. The van der Waals surface area contributed by atoms with Gasteiger partial charge in [-0.3, -0.25) is 9.59 Å². The maximum atomic E-state index is 12.4. The molecule has 0 spiro atoms. The Hall–Kier alpha value is -2.79. The first-order chi connectivity index (χ1) is 13.2. The lowest BCUT2D eigenvalue weighted by Gasteiger charge is -2.17. The van der Waals surface area contributed by atoms with Crippen molar-refractivity contribution in [3.8, 4) is 0 Å². The van der Waals surface area contributed by atoms with Gasteiger partial charge in [-0.25, -0.2) is 0 Å². The lowest BCUT2D eigenvalue weighted by molar-refractivity contribution is -0.145. The van der Waals surface area contributed by atoms with Crippen LogP contribution in [0.25, 0.3) is 10.8 Å². The summed E-state index contributed by atoms with van der Waals surface area (Å²) in [5.41, 5.74) is 2.08. The van der Waals surface area contributed by atoms with Gasteiger partial charge in [-0.15, -0.1) is 11.8 Å². The number of carbonyl (C=O) groups excluding carboxylic acids is 2. The highest BCUT2D eigenvalue weighted by Gasteiger charge is 2.24. The molecule has 0 saturated heterocycles. The van der Waals surface area contributed by atoms with Gasteiger partial charge >= 0.3 is 5.97 Å². The highest BCUT2D eigenvalue weighted by molar-refractivity contribution is 8.00. The number of rotatable bonds is 5. The zero-order chi connectivity index (χ0) is 18.6. The van der Waals surface area contributed by atoms with Crippen molar-refractivity contribution in [3.05, 3.63) is 72.3 Å². The molecular formula is C22H19NO3S. The second-order valence-corrected chi connectivity index (χ2v) is 7.43. The quantitative estimate of drug-likeness (QED) is 0.497. The zero-order valence-electron chi connectivity index (χ0n) is 14.8. The van der Waals surface area contributed by atoms with Gasteiger partial charge in [0.2, 0.25) is 0 Å². The molecule has 4 rings (SSSR count). The summed E-state index contributed by atoms with van der Waals surface area (Å²) >= 11 is 1.42. The summed E-state index contributed by atoms with van der Waals surface area (Å²) in [5, 5.41) is 2.31. The highest BCUT2D eigenvalue weighted by Crippen LogP contribution is 2.27. The summed E-state index contributed by atoms with van der Waals surface area (Å²) in [4.78, 5) is 27.1. The average Bonchev–Trinajstić information content (AvgIpc) is 3.14. The van der Waals surface area contributed by atoms with Crippen LogP contribution in [0.15, 0.2) is 71.6 Å². The summed E-state index contributed by atoms with van der Waals surface area (Å²) in [5.74, 6) is -0.375. The van der Waals surface area contributed by atoms with Crippen molar-refractivity contribution in [2.45, 2.75) is 11.3 Å². The van der Waals surface area contributed by atoms with E-state index in [9.17, 15) is 9.59 Å². The normalized spacial score (nSPS) is 12.8. The fourth-order valence-corrected chi connectivity index (χ4v) is 4.00. The summed E-state index contributed by atoms with van der Waals surface area (Å²) in [7, 11) is 0. The van der Waals surface area contributed by atoms with Gasteiger partial charge in [0.15, 0.2) is 6.61 Å². The van der Waals surface area contributed by atoms with Crippen molar-refractivity contribution in [2.24, 2.45) is 0 Å². The molecular weight excluding hydrogens is 358 g/mol. The minimum atomic E-state index is -0.381. The highest BCUT2D eigenvalue weighted by atomic mass is 32.2. The predicted molar refractivity (Wildman–Crippen MR) is 108 cm³/mol. The summed E-state index contributed by atoms with van der Waals surface area (Å²) in [6.07, 6.45) is 0.841. The Balaban J connectivity index is 1.29. The van der Waals surface area contributed by atoms with Gasteiger partial charge in [-0.2, -0.15) is 0 Å². The van der Waals surface area contributed by atoms with E-state index in [2.05, 4.69) is 12.1 Å². The molecule has 0 N–H and O–H groups in total. The number of hydrogen-bond donors (Lipinski definition) is 0. The van der Waals surface area contributed by atoms with Gasteiger partial charge in [-0.1, -0.05) is 48.5 Å². The maximum absolute atomic E-state index is 12.4. The molecule has 3 aromatic carbocycles. The summed E-state index contributed by atoms with van der Waals surface area (Å²) < 4.78 is 5.19. The first kappa shape index (κ1) is 17.6. The molecule has 1 amide bonds. The second kappa shape index (κ2) is 7.84. The number of para-hydroxylation sites is 1. The fourth-order valence-electron chi connectivity index (χ4n) is 3.26. The van der Waals surface area contributed by atoms with Crippen LogP contribution in [0.3, 0.4) is 0 Å². The van der Waals surface area contributed by atoms with Gasteiger partial charge in [0.05, 0.1) is 5.75 Å². The van der Waals surface area contributed by atoms with Crippen LogP contribution in [0.2, 0.25) is 0 Å². The van der Waals surface area contributed by atoms with E-state index in [0.29, 0.717) is 6.54 Å². The van der Waals surface area contributed by atoms with Gasteiger partial charge in [0.1, 0.15) is 0 Å². The molecule has 0 atom stereocenters. The van der Waals surface area contributed by atoms with E-state index in [1.165, 1.54) is 17.1 Å². The summed E-state index contributed by atoms with van der Waals surface area (Å²) in [6.45, 7) is 0.424. The molecule has 136 valence electrons. The first-order valence-corrected chi connectivity index (χ1v) is 9.85. The molecule has 5 heteroatoms. The monoisotopic (exact) mass is 377 g/mol. The van der Waals surface area contributed by atoms with Crippen LogP contribution >= 0.6 is 11.8 Å². The zero-order valence-corrected chi connectivity index (χ0v) is 15.6. The Bertz CT molecular complexity index is 1000. The third-order valence-corrected chi connectivity index (χ3v) is 5.59. The number of amides is 1. The maximum Gasteiger partial charge on any atom is 0.316 e. The van der Waals surface area contributed by atoms with Gasteiger partial charge in [0, 0.05) is 17.1 Å². The van der Waals surface area contributed by atoms with Crippen molar-refractivity contribution in [2.75, 3.05) is 23.8 Å². The number of fused-ring (bicyclic) bond motifs is 2. The lowest BCUT2D eigenvalue weighted by atomic mass is 10.1. The van der Waals surface area contributed by atoms with E-state index >= 15 is 0 Å². The topological polar surface area (TPSA) is 46.6 Å². The minimum Gasteiger partial charge on any atom is -0.455 e. The standard InChI is InChI=1S/C22H19NO3S/c24-21(23-12-11-17-6-3-4-8-20(17)23)14-26-22(25)15-27-19-10-9-16-5-1-2-7-18(16)13-19/h1-10,13H,11-12,14-15H2. The fraction of sp³-hybridized carbons (Fsp3) is 0.182. The van der Waals surface area contributed by atoms with E-state index in [1.807, 2.05) is 54.6 Å². The molecule has 0 radical (unpaired) electrons. The Labute approximate surface area is 162 Å². The van der Waals surface area contributed by atoms with Crippen molar-refractivity contribution in [1.29, 1.82) is 0 Å². The Morgan fingerprint density at radius 2 is 1.74 bits per heavy atom. The third kappa shape index (κ3) is 3.98. The number of carbonyl (C=O) groups is 2. The van der Waals surface area contributed by atoms with E-state index in [4.69, 9.17) is 4.74 Å². The molecule has 1 heterocycles. The lowest BCUT2D eigenvalue weighted by Crippen LogP contribution is -2.33. The second-order valence-electron chi connectivity index (χ2n) is 6.38. The van der Waals surface area contributed by atoms with E-state index in [0.717, 1.165) is 28.0 Å². The van der Waals surface area contributed by atoms with Crippen LogP contribution in [0.5, 0.6) is 0 Å². The molecule has 27 heavy (non-hydrogen) atoms. The van der Waals surface area contributed by atoms with Crippen molar-refractivity contribution in [1.82, 2.24) is 0 Å². The Kier molecular flexibility index (Phi) is 5.12. The molecule has 3 aromatic rings. The molecule has 0 bridgehead atoms. The van der Waals surface area contributed by atoms with Crippen molar-refractivity contribution >= 4 is 40.1 Å². The van der Waals surface area contributed by atoms with Crippen LogP contribution in [0, 0.1) is 0 Å². The van der Waals surface area contributed by atoms with Crippen molar-refractivity contribution in [3.63, 3.8) is 0 Å². The molecule has 0 aromatic heterocycles. The number of anilines is 1. The van der Waals surface area contributed by atoms with Gasteiger partial charge < -0.3 is 9.64 Å². The van der Waals surface area contributed by atoms with Crippen LogP contribution in [0.4, 0.5) is 5.69 Å². The largest absolute Gasteiger partial charge is 0.455 e. The van der Waals surface area contributed by atoms with E-state index in [1.54, 1.807) is 4.90 Å². The van der Waals surface area contributed by atoms with E-state index < -0.39 is 0 Å². The van der Waals surface area contributed by atoms with Crippen LogP contribution < -0.4 is 4.90 Å². The molecule has 1 aliphatic heterocycles. The predicted octanol–water partition coefficient (Wildman–Crippen LogP) is 4.06. The first-order valence-electron chi connectivity index (χ1n) is 8.86. The molecule has 0 fully saturated rings. The van der Waals surface area contributed by atoms with Gasteiger partial charge in [-0.05, 0) is 41.0 Å². The summed E-state index contributed by atoms with van der Waals surface area (Å²) in [6, 6.07) is 22.0. The number of esters is 1. The average molecular weight is 377 g/mol. The third-order valence-electron chi connectivity index (χ3n) is 4.62. The van der Waals surface area contributed by atoms with Gasteiger partial charge in [0.25, 0.3) is 5.91 Å². The Morgan fingerprint density at radius 3 is 2.63 bits per heavy atom. The van der Waals surface area contributed by atoms with Crippen LogP contribution in [-0.2, 0) is 20.7 Å². The van der Waals surface area contributed by atoms with Crippen LogP contribution in [0.1, 0.15) is 5.56 Å². The van der Waals surface area contributed by atoms with E-state index in [-0.39, 0.29) is 24.2 Å². The van der Waals surface area contributed by atoms with Crippen molar-refractivity contribution < 1.29 is 14.3 Å². The minimum absolute atomic E-state index is 0.177. The molecule has 0 unspecified atom stereocenters. The van der Waals surface area contributed by atoms with Crippen LogP contribution in [-0.4, -0.2) is 30.8 Å². The number of ether oxygens (including phenoxy) is 1. The number of nitrogens with zero attached hydrogens (tertiary/aromatic N) is 1.